The molecule has 0 amide bonds. The zero-order chi connectivity index (χ0) is 23.3. The Morgan fingerprint density at radius 2 is 1.75 bits per heavy atom. The predicted octanol–water partition coefficient (Wildman–Crippen LogP) is 1.86. The van der Waals surface area contributed by atoms with Gasteiger partial charge >= 0.3 is 12.8 Å². The van der Waals surface area contributed by atoms with Crippen LogP contribution >= 0.6 is 0 Å². The molecule has 0 N–H and O–H groups in total. The first-order valence-electron chi connectivity index (χ1n) is 10.5. The van der Waals surface area contributed by atoms with Gasteiger partial charge in [-0.3, -0.25) is 0 Å². The molecule has 0 aliphatic carbocycles. The quantitative estimate of drug-likeness (QED) is 0.563. The summed E-state index contributed by atoms with van der Waals surface area (Å²) < 4.78 is 20.7. The molecule has 0 unspecified atom stereocenters. The fourth-order valence-electron chi connectivity index (χ4n) is 3.52. The van der Waals surface area contributed by atoms with Gasteiger partial charge in [-0.05, 0) is 63.6 Å². The summed E-state index contributed by atoms with van der Waals surface area (Å²) in [5, 5.41) is 7.76. The number of pyridine rings is 1. The Bertz CT molecular complexity index is 1200. The third-order valence-corrected chi connectivity index (χ3v) is 6.27. The van der Waals surface area contributed by atoms with E-state index in [0.717, 1.165) is 22.2 Å². The molecule has 0 saturated carbocycles. The number of aryl methyl sites for hydroxylation is 3. The Morgan fingerprint density at radius 3 is 2.34 bits per heavy atom. The number of hydrogen-bond donors (Lipinski definition) is 0. The Kier molecular flexibility index (Phi) is 5.46. The van der Waals surface area contributed by atoms with Crippen molar-refractivity contribution in [2.75, 3.05) is 0 Å². The number of aromatic nitrogens is 5. The van der Waals surface area contributed by atoms with Gasteiger partial charge in [0.25, 0.3) is 0 Å². The number of benzene rings is 1. The number of hydrogen-bond acceptors (Lipinski definition) is 7. The van der Waals surface area contributed by atoms with E-state index in [1.54, 1.807) is 13.2 Å². The zero-order valence-electron chi connectivity index (χ0n) is 19.5. The largest absolute Gasteiger partial charge is 0.496 e. The first kappa shape index (κ1) is 22.2. The maximum atomic E-state index is 12.3. The maximum Gasteiger partial charge on any atom is 0.496 e. The predicted molar refractivity (Wildman–Crippen MR) is 120 cm³/mol. The summed E-state index contributed by atoms with van der Waals surface area (Å²) in [5.41, 5.74) is 3.01. The van der Waals surface area contributed by atoms with E-state index in [0.29, 0.717) is 11.6 Å². The highest BCUT2D eigenvalue weighted by molar-refractivity contribution is 6.62. The molecule has 1 aliphatic rings. The van der Waals surface area contributed by atoms with Crippen molar-refractivity contribution in [3.05, 3.63) is 57.6 Å². The number of tetrazole rings is 1. The van der Waals surface area contributed by atoms with Gasteiger partial charge in [0.15, 0.2) is 0 Å². The fourth-order valence-corrected chi connectivity index (χ4v) is 3.52. The fraction of sp³-hybridized carbons (Fsp3) is 0.455. The van der Waals surface area contributed by atoms with Gasteiger partial charge < -0.3 is 14.0 Å². The smallest absolute Gasteiger partial charge is 0.473 e. The number of nitrogens with zero attached hydrogens (tertiary/aromatic N) is 5. The Hall–Kier alpha value is -2.98. The monoisotopic (exact) mass is 437 g/mol. The molecule has 0 spiro atoms. The standard InChI is InChI=1S/C22H28BN5O4/c1-14-9-8-10-18(28-20(29)27(7)25-26-28)17(14)13-30-19-15(2)11-16(12-24-19)23-31-21(3,4)22(5,6)32-23/h8-12H,13H2,1-7H3. The van der Waals surface area contributed by atoms with Gasteiger partial charge in [0, 0.05) is 29.8 Å². The van der Waals surface area contributed by atoms with E-state index in [2.05, 4.69) is 15.4 Å². The highest BCUT2D eigenvalue weighted by Crippen LogP contribution is 2.36. The van der Waals surface area contributed by atoms with Crippen LogP contribution in [-0.2, 0) is 23.0 Å². The van der Waals surface area contributed by atoms with Crippen LogP contribution in [-0.4, -0.2) is 43.1 Å². The molecule has 1 aliphatic heterocycles. The lowest BCUT2D eigenvalue weighted by atomic mass is 9.80. The molecule has 3 heterocycles. The van der Waals surface area contributed by atoms with Crippen molar-refractivity contribution in [3.8, 4) is 11.6 Å². The zero-order valence-corrected chi connectivity index (χ0v) is 19.5. The molecule has 0 radical (unpaired) electrons. The summed E-state index contributed by atoms with van der Waals surface area (Å²) in [5.74, 6) is 0.506. The summed E-state index contributed by atoms with van der Waals surface area (Å²) in [4.78, 5) is 16.8. The third kappa shape index (κ3) is 3.84. The lowest BCUT2D eigenvalue weighted by molar-refractivity contribution is 0.00578. The molecule has 1 fully saturated rings. The van der Waals surface area contributed by atoms with E-state index < -0.39 is 18.3 Å². The van der Waals surface area contributed by atoms with Crippen molar-refractivity contribution in [3.63, 3.8) is 0 Å². The van der Waals surface area contributed by atoms with Crippen LogP contribution in [0.3, 0.4) is 0 Å². The second-order valence-corrected chi connectivity index (χ2v) is 9.14. The molecule has 4 rings (SSSR count). The summed E-state index contributed by atoms with van der Waals surface area (Å²) >= 11 is 0. The van der Waals surface area contributed by atoms with Gasteiger partial charge in [-0.15, -0.1) is 0 Å². The lowest BCUT2D eigenvalue weighted by Gasteiger charge is -2.32. The second kappa shape index (κ2) is 7.86. The molecule has 0 atom stereocenters. The molecule has 3 aromatic rings. The van der Waals surface area contributed by atoms with Crippen LogP contribution < -0.4 is 15.9 Å². The van der Waals surface area contributed by atoms with Crippen molar-refractivity contribution < 1.29 is 14.0 Å². The minimum Gasteiger partial charge on any atom is -0.473 e. The highest BCUT2D eigenvalue weighted by atomic mass is 16.7. The minimum absolute atomic E-state index is 0.231. The molecular formula is C22H28BN5O4. The maximum absolute atomic E-state index is 12.3. The van der Waals surface area contributed by atoms with E-state index in [1.165, 1.54) is 9.36 Å². The second-order valence-electron chi connectivity index (χ2n) is 9.14. The van der Waals surface area contributed by atoms with Crippen LogP contribution in [0.2, 0.25) is 0 Å². The van der Waals surface area contributed by atoms with Gasteiger partial charge in [0.2, 0.25) is 5.88 Å². The van der Waals surface area contributed by atoms with Crippen LogP contribution in [0.5, 0.6) is 5.88 Å². The van der Waals surface area contributed by atoms with E-state index in [1.807, 2.05) is 65.8 Å². The minimum atomic E-state index is -0.480. The molecule has 1 saturated heterocycles. The van der Waals surface area contributed by atoms with Crippen molar-refractivity contribution in [1.82, 2.24) is 24.8 Å². The van der Waals surface area contributed by atoms with Crippen LogP contribution in [0.1, 0.15) is 44.4 Å². The third-order valence-electron chi connectivity index (χ3n) is 6.27. The van der Waals surface area contributed by atoms with Gasteiger partial charge in [-0.25, -0.2) is 9.78 Å². The van der Waals surface area contributed by atoms with Gasteiger partial charge in [0.05, 0.1) is 16.9 Å². The normalized spacial score (nSPS) is 17.0. The van der Waals surface area contributed by atoms with Gasteiger partial charge in [0.1, 0.15) is 6.61 Å². The topological polar surface area (TPSA) is 93.3 Å². The summed E-state index contributed by atoms with van der Waals surface area (Å²) in [6, 6.07) is 7.63. The van der Waals surface area contributed by atoms with Crippen molar-refractivity contribution in [2.45, 2.75) is 59.4 Å². The summed E-state index contributed by atoms with van der Waals surface area (Å²) in [7, 11) is 1.08. The average molecular weight is 437 g/mol. The van der Waals surface area contributed by atoms with Gasteiger partial charge in [-0.1, -0.05) is 18.2 Å². The first-order valence-corrected chi connectivity index (χ1v) is 10.5. The van der Waals surface area contributed by atoms with Crippen LogP contribution in [0.4, 0.5) is 0 Å². The molecule has 9 nitrogen and oxygen atoms in total. The van der Waals surface area contributed by atoms with E-state index in [9.17, 15) is 4.79 Å². The first-order chi connectivity index (χ1) is 15.0. The SMILES string of the molecule is Cc1cc(B2OC(C)(C)C(C)(C)O2)cnc1OCc1c(C)cccc1-n1nnn(C)c1=O. The summed E-state index contributed by atoms with van der Waals surface area (Å²) in [6.07, 6.45) is 1.72. The number of rotatable bonds is 5. The highest BCUT2D eigenvalue weighted by Gasteiger charge is 2.51. The molecule has 1 aromatic carbocycles. The van der Waals surface area contributed by atoms with E-state index >= 15 is 0 Å². The van der Waals surface area contributed by atoms with E-state index in [4.69, 9.17) is 14.0 Å². The van der Waals surface area contributed by atoms with Crippen LogP contribution in [0, 0.1) is 13.8 Å². The van der Waals surface area contributed by atoms with Crippen molar-refractivity contribution in [2.24, 2.45) is 7.05 Å². The Labute approximate surface area is 187 Å². The van der Waals surface area contributed by atoms with E-state index in [-0.39, 0.29) is 12.3 Å². The average Bonchev–Trinajstić information content (AvgIpc) is 3.16. The van der Waals surface area contributed by atoms with Gasteiger partial charge in [-0.2, -0.15) is 9.36 Å². The summed E-state index contributed by atoms with van der Waals surface area (Å²) in [6.45, 7) is 12.2. The molecule has 32 heavy (non-hydrogen) atoms. The van der Waals surface area contributed by atoms with Crippen LogP contribution in [0.15, 0.2) is 35.3 Å². The number of ether oxygens (including phenoxy) is 1. The van der Waals surface area contributed by atoms with Crippen molar-refractivity contribution >= 4 is 12.6 Å². The molecule has 2 aromatic heterocycles. The Morgan fingerprint density at radius 1 is 1.06 bits per heavy atom. The Balaban J connectivity index is 1.56. The molecule has 168 valence electrons. The van der Waals surface area contributed by atoms with Crippen LogP contribution in [0.25, 0.3) is 5.69 Å². The molecule has 10 heteroatoms. The van der Waals surface area contributed by atoms with Crippen molar-refractivity contribution in [1.29, 1.82) is 0 Å². The molecule has 0 bridgehead atoms. The lowest BCUT2D eigenvalue weighted by Crippen LogP contribution is -2.41. The molecular weight excluding hydrogens is 409 g/mol.